The third-order valence-corrected chi connectivity index (χ3v) is 4.63. The van der Waals surface area contributed by atoms with Crippen molar-refractivity contribution < 1.29 is 4.79 Å². The second-order valence-corrected chi connectivity index (χ2v) is 7.77. The highest BCUT2D eigenvalue weighted by atomic mass is 127. The van der Waals surface area contributed by atoms with Crippen LogP contribution >= 0.6 is 35.3 Å². The van der Waals surface area contributed by atoms with Gasteiger partial charge in [0.2, 0.25) is 5.91 Å². The molecule has 2 aromatic rings. The van der Waals surface area contributed by atoms with Crippen LogP contribution in [-0.2, 0) is 17.8 Å². The summed E-state index contributed by atoms with van der Waals surface area (Å²) in [5.74, 6) is 0.713. The van der Waals surface area contributed by atoms with Crippen LogP contribution in [0.1, 0.15) is 15.4 Å². The maximum Gasteiger partial charge on any atom is 0.238 e. The van der Waals surface area contributed by atoms with Gasteiger partial charge in [0.15, 0.2) is 5.96 Å². The minimum absolute atomic E-state index is 0. The van der Waals surface area contributed by atoms with Gasteiger partial charge < -0.3 is 20.9 Å². The lowest BCUT2D eigenvalue weighted by Gasteiger charge is -2.13. The Morgan fingerprint density at radius 2 is 2.07 bits per heavy atom. The second kappa shape index (κ2) is 12.7. The summed E-state index contributed by atoms with van der Waals surface area (Å²) in [6.07, 6.45) is 2.77. The minimum Gasteiger partial charge on any atom is -0.356 e. The lowest BCUT2D eigenvalue weighted by Crippen LogP contribution is -2.37. The molecule has 0 saturated carbocycles. The molecule has 1 aromatic carbocycles. The molecule has 0 aliphatic rings. The van der Waals surface area contributed by atoms with E-state index >= 15 is 0 Å². The van der Waals surface area contributed by atoms with Crippen LogP contribution in [0.2, 0.25) is 0 Å². The summed E-state index contributed by atoms with van der Waals surface area (Å²) >= 11 is 1.72. The van der Waals surface area contributed by atoms with Crippen LogP contribution < -0.4 is 16.0 Å². The molecule has 28 heavy (non-hydrogen) atoms. The van der Waals surface area contributed by atoms with Crippen molar-refractivity contribution in [3.63, 3.8) is 0 Å². The Labute approximate surface area is 188 Å². The fourth-order valence-corrected chi connectivity index (χ4v) is 3.24. The summed E-state index contributed by atoms with van der Waals surface area (Å²) in [5.41, 5.74) is 1.86. The number of amides is 1. The van der Waals surface area contributed by atoms with E-state index in [0.717, 1.165) is 35.2 Å². The van der Waals surface area contributed by atoms with Gasteiger partial charge in [0.1, 0.15) is 0 Å². The van der Waals surface area contributed by atoms with Gasteiger partial charge in [0.05, 0.1) is 11.6 Å². The Morgan fingerprint density at radius 3 is 2.71 bits per heavy atom. The predicted molar refractivity (Wildman–Crippen MR) is 128 cm³/mol. The first-order chi connectivity index (χ1) is 13.0. The average molecular weight is 516 g/mol. The van der Waals surface area contributed by atoms with Crippen LogP contribution in [0.3, 0.4) is 0 Å². The number of carbonyl (C=O) groups is 1. The third kappa shape index (κ3) is 8.98. The van der Waals surface area contributed by atoms with E-state index in [1.165, 1.54) is 4.88 Å². The second-order valence-electron chi connectivity index (χ2n) is 6.45. The molecule has 1 amide bonds. The van der Waals surface area contributed by atoms with E-state index in [-0.39, 0.29) is 29.9 Å². The predicted octanol–water partition coefficient (Wildman–Crippen LogP) is 2.48. The normalized spacial score (nSPS) is 11.1. The highest BCUT2D eigenvalue weighted by Crippen LogP contribution is 2.11. The van der Waals surface area contributed by atoms with Crippen molar-refractivity contribution in [3.05, 3.63) is 45.9 Å². The molecule has 2 rings (SSSR count). The number of hydrogen-bond acceptors (Lipinski definition) is 5. The number of benzene rings is 1. The molecule has 3 N–H and O–H groups in total. The van der Waals surface area contributed by atoms with Crippen molar-refractivity contribution in [3.8, 4) is 0 Å². The van der Waals surface area contributed by atoms with Gasteiger partial charge in [-0.1, -0.05) is 12.1 Å². The molecule has 0 saturated heterocycles. The zero-order chi connectivity index (χ0) is 19.6. The van der Waals surface area contributed by atoms with Crippen molar-refractivity contribution in [2.75, 3.05) is 39.5 Å². The number of thiazole rings is 1. The number of halogens is 1. The van der Waals surface area contributed by atoms with E-state index in [1.54, 1.807) is 18.4 Å². The first kappa shape index (κ1) is 24.3. The van der Waals surface area contributed by atoms with Crippen LogP contribution in [0, 0.1) is 6.92 Å². The number of carbonyl (C=O) groups excluding carboxylic acids is 1. The van der Waals surface area contributed by atoms with Crippen molar-refractivity contribution in [2.24, 2.45) is 4.99 Å². The van der Waals surface area contributed by atoms with Gasteiger partial charge >= 0.3 is 0 Å². The lowest BCUT2D eigenvalue weighted by atomic mass is 10.2. The number of anilines is 1. The highest BCUT2D eigenvalue weighted by molar-refractivity contribution is 14.0. The van der Waals surface area contributed by atoms with Gasteiger partial charge in [0.25, 0.3) is 0 Å². The van der Waals surface area contributed by atoms with Crippen LogP contribution in [0.25, 0.3) is 0 Å². The molecule has 0 atom stereocenters. The number of aryl methyl sites for hydroxylation is 1. The van der Waals surface area contributed by atoms with E-state index in [9.17, 15) is 4.79 Å². The number of rotatable bonds is 8. The molecule has 1 heterocycles. The molecule has 9 heteroatoms. The van der Waals surface area contributed by atoms with Crippen LogP contribution in [0.15, 0.2) is 35.5 Å². The quantitative estimate of drug-likeness (QED) is 0.286. The fourth-order valence-electron chi connectivity index (χ4n) is 2.46. The van der Waals surface area contributed by atoms with Gasteiger partial charge in [-0.05, 0) is 38.7 Å². The van der Waals surface area contributed by atoms with Gasteiger partial charge in [-0.2, -0.15) is 0 Å². The molecule has 0 spiro atoms. The van der Waals surface area contributed by atoms with E-state index < -0.39 is 0 Å². The lowest BCUT2D eigenvalue weighted by molar-refractivity contribution is -0.116. The summed E-state index contributed by atoms with van der Waals surface area (Å²) in [6, 6.07) is 7.80. The molecule has 0 unspecified atom stereocenters. The summed E-state index contributed by atoms with van der Waals surface area (Å²) in [6.45, 7) is 3.81. The third-order valence-electron chi connectivity index (χ3n) is 3.65. The molecule has 0 aliphatic heterocycles. The standard InChI is InChI=1S/C19H28N6OS.HI/c1-14-11-22-18(27-14)8-9-21-19(20-2)23-12-15-6-5-7-16(10-15)24-17(26)13-25(3)4;/h5-7,10-11H,8-9,12-13H2,1-4H3,(H,24,26)(H2,20,21,23);1H. The first-order valence-corrected chi connectivity index (χ1v) is 9.67. The average Bonchev–Trinajstić information content (AvgIpc) is 3.02. The monoisotopic (exact) mass is 516 g/mol. The molecule has 1 aromatic heterocycles. The zero-order valence-electron chi connectivity index (χ0n) is 16.8. The number of nitrogens with one attached hydrogen (secondary N) is 3. The van der Waals surface area contributed by atoms with E-state index in [1.807, 2.05) is 49.5 Å². The number of hydrogen-bond donors (Lipinski definition) is 3. The maximum atomic E-state index is 11.9. The Bertz CT molecular complexity index is 777. The van der Waals surface area contributed by atoms with Crippen molar-refractivity contribution >= 4 is 52.9 Å². The van der Waals surface area contributed by atoms with Gasteiger partial charge in [-0.25, -0.2) is 4.98 Å². The van der Waals surface area contributed by atoms with Crippen molar-refractivity contribution in [2.45, 2.75) is 19.9 Å². The number of aromatic nitrogens is 1. The van der Waals surface area contributed by atoms with Gasteiger partial charge in [0, 0.05) is 43.3 Å². The van der Waals surface area contributed by atoms with Gasteiger partial charge in [-0.15, -0.1) is 35.3 Å². The molecular formula is C19H29IN6OS. The van der Waals surface area contributed by atoms with E-state index in [0.29, 0.717) is 13.1 Å². The molecule has 0 fully saturated rings. The van der Waals surface area contributed by atoms with Crippen molar-refractivity contribution in [1.29, 1.82) is 0 Å². The molecular weight excluding hydrogens is 487 g/mol. The summed E-state index contributed by atoms with van der Waals surface area (Å²) in [5, 5.41) is 10.6. The smallest absolute Gasteiger partial charge is 0.238 e. The maximum absolute atomic E-state index is 11.9. The van der Waals surface area contributed by atoms with Crippen LogP contribution in [0.4, 0.5) is 5.69 Å². The van der Waals surface area contributed by atoms with Crippen LogP contribution in [0.5, 0.6) is 0 Å². The number of aliphatic imine (C=N–C) groups is 1. The highest BCUT2D eigenvalue weighted by Gasteiger charge is 2.05. The molecule has 154 valence electrons. The summed E-state index contributed by atoms with van der Waals surface area (Å²) in [4.78, 5) is 23.6. The molecule has 0 bridgehead atoms. The zero-order valence-corrected chi connectivity index (χ0v) is 19.9. The Balaban J connectivity index is 0.00000392. The summed E-state index contributed by atoms with van der Waals surface area (Å²) < 4.78 is 0. The Kier molecular flexibility index (Phi) is 11.0. The first-order valence-electron chi connectivity index (χ1n) is 8.85. The fraction of sp³-hybridized carbons (Fsp3) is 0.421. The topological polar surface area (TPSA) is 81.6 Å². The summed E-state index contributed by atoms with van der Waals surface area (Å²) in [7, 11) is 5.49. The van der Waals surface area contributed by atoms with Gasteiger partial charge in [-0.3, -0.25) is 9.79 Å². The Morgan fingerprint density at radius 1 is 1.29 bits per heavy atom. The SMILES string of the molecule is CN=C(NCCc1ncc(C)s1)NCc1cccc(NC(=O)CN(C)C)c1.I. The molecule has 7 nitrogen and oxygen atoms in total. The number of nitrogens with zero attached hydrogens (tertiary/aromatic N) is 3. The Hall–Kier alpha value is -1.72. The largest absolute Gasteiger partial charge is 0.356 e. The van der Waals surface area contributed by atoms with Crippen LogP contribution in [-0.4, -0.2) is 56.0 Å². The number of likely N-dealkylation sites (N-methyl/N-ethyl adjacent to an activating group) is 1. The van der Waals surface area contributed by atoms with Crippen molar-refractivity contribution in [1.82, 2.24) is 20.5 Å². The molecule has 0 aliphatic carbocycles. The number of guanidine groups is 1. The minimum atomic E-state index is -0.0278. The molecule has 0 radical (unpaired) electrons. The van der Waals surface area contributed by atoms with E-state index in [4.69, 9.17) is 0 Å². The van der Waals surface area contributed by atoms with E-state index in [2.05, 4.69) is 32.9 Å².